The first-order valence-corrected chi connectivity index (χ1v) is 7.18. The molecule has 3 rings (SSSR count). The van der Waals surface area contributed by atoms with Crippen molar-refractivity contribution < 1.29 is 0 Å². The molecule has 2 aromatic rings. The van der Waals surface area contributed by atoms with Crippen LogP contribution in [0.3, 0.4) is 0 Å². The molecule has 1 aliphatic rings. The quantitative estimate of drug-likeness (QED) is 0.862. The summed E-state index contributed by atoms with van der Waals surface area (Å²) in [7, 11) is 1.81. The van der Waals surface area contributed by atoms with Crippen LogP contribution in [-0.4, -0.2) is 40.1 Å². The maximum absolute atomic E-state index is 4.50. The van der Waals surface area contributed by atoms with Gasteiger partial charge in [0.25, 0.3) is 0 Å². The summed E-state index contributed by atoms with van der Waals surface area (Å²) in [5.41, 5.74) is 0.951. The third kappa shape index (κ3) is 3.36. The van der Waals surface area contributed by atoms with E-state index in [4.69, 9.17) is 0 Å². The molecule has 0 saturated carbocycles. The Balaban J connectivity index is 1.75. The highest BCUT2D eigenvalue weighted by Gasteiger charge is 2.17. The molecule has 1 saturated heterocycles. The average Bonchev–Trinajstić information content (AvgIpc) is 3.08. The predicted molar refractivity (Wildman–Crippen MR) is 82.4 cm³/mol. The van der Waals surface area contributed by atoms with Crippen molar-refractivity contribution in [2.75, 3.05) is 35.7 Å². The van der Waals surface area contributed by atoms with Gasteiger partial charge < -0.3 is 15.5 Å². The van der Waals surface area contributed by atoms with Crippen molar-refractivity contribution in [1.29, 1.82) is 0 Å². The van der Waals surface area contributed by atoms with E-state index < -0.39 is 0 Å². The molecule has 0 spiro atoms. The second-order valence-corrected chi connectivity index (χ2v) is 4.90. The van der Waals surface area contributed by atoms with Crippen LogP contribution in [0.1, 0.15) is 18.5 Å². The second-order valence-electron chi connectivity index (χ2n) is 4.90. The second kappa shape index (κ2) is 6.34. The fraction of sp³-hybridized carbons (Fsp3) is 0.429. The molecule has 0 aromatic carbocycles. The molecule has 0 radical (unpaired) electrons. The Morgan fingerprint density at radius 1 is 1.10 bits per heavy atom. The van der Waals surface area contributed by atoms with Crippen molar-refractivity contribution >= 4 is 17.8 Å². The lowest BCUT2D eigenvalue weighted by Gasteiger charge is -2.16. The van der Waals surface area contributed by atoms with Gasteiger partial charge in [-0.1, -0.05) is 6.07 Å². The number of hydrogen-bond acceptors (Lipinski definition) is 7. The lowest BCUT2D eigenvalue weighted by molar-refractivity contribution is 0.876. The van der Waals surface area contributed by atoms with E-state index in [2.05, 4.69) is 35.5 Å². The van der Waals surface area contributed by atoms with Crippen molar-refractivity contribution in [3.05, 3.63) is 30.1 Å². The third-order valence-electron chi connectivity index (χ3n) is 3.39. The predicted octanol–water partition coefficient (Wildman–Crippen LogP) is 1.52. The summed E-state index contributed by atoms with van der Waals surface area (Å²) in [6.07, 6.45) is 4.16. The minimum atomic E-state index is 0.571. The zero-order valence-electron chi connectivity index (χ0n) is 12.1. The van der Waals surface area contributed by atoms with Crippen molar-refractivity contribution in [3.8, 4) is 0 Å². The first-order chi connectivity index (χ1) is 10.3. The first kappa shape index (κ1) is 13.5. The van der Waals surface area contributed by atoms with E-state index in [9.17, 15) is 0 Å². The number of aromatic nitrogens is 4. The van der Waals surface area contributed by atoms with Crippen molar-refractivity contribution in [2.45, 2.75) is 19.4 Å². The SMILES string of the molecule is CNc1nc(NCc2ccccn2)nc(N2CCCC2)n1. The average molecular weight is 285 g/mol. The Kier molecular flexibility index (Phi) is 4.09. The summed E-state index contributed by atoms with van der Waals surface area (Å²) in [4.78, 5) is 19.7. The van der Waals surface area contributed by atoms with Crippen LogP contribution in [0.2, 0.25) is 0 Å². The molecule has 7 nitrogen and oxygen atoms in total. The Morgan fingerprint density at radius 3 is 2.62 bits per heavy atom. The van der Waals surface area contributed by atoms with Gasteiger partial charge in [0.1, 0.15) is 0 Å². The number of nitrogens with zero attached hydrogens (tertiary/aromatic N) is 5. The molecule has 0 atom stereocenters. The van der Waals surface area contributed by atoms with Gasteiger partial charge in [-0.2, -0.15) is 15.0 Å². The van der Waals surface area contributed by atoms with E-state index in [-0.39, 0.29) is 0 Å². The molecular formula is C14H19N7. The van der Waals surface area contributed by atoms with Crippen molar-refractivity contribution in [2.24, 2.45) is 0 Å². The van der Waals surface area contributed by atoms with Gasteiger partial charge in [0.05, 0.1) is 12.2 Å². The van der Waals surface area contributed by atoms with E-state index in [0.717, 1.165) is 24.7 Å². The van der Waals surface area contributed by atoms with Crippen LogP contribution in [0.15, 0.2) is 24.4 Å². The topological polar surface area (TPSA) is 78.9 Å². The Hall–Kier alpha value is -2.44. The highest BCUT2D eigenvalue weighted by atomic mass is 15.3. The summed E-state index contributed by atoms with van der Waals surface area (Å²) >= 11 is 0. The van der Waals surface area contributed by atoms with Gasteiger partial charge in [-0.15, -0.1) is 0 Å². The van der Waals surface area contributed by atoms with Crippen molar-refractivity contribution in [1.82, 2.24) is 19.9 Å². The molecule has 3 heterocycles. The van der Waals surface area contributed by atoms with E-state index in [1.54, 1.807) is 6.20 Å². The highest BCUT2D eigenvalue weighted by Crippen LogP contribution is 2.18. The lowest BCUT2D eigenvalue weighted by Crippen LogP contribution is -2.22. The number of hydrogen-bond donors (Lipinski definition) is 2. The summed E-state index contributed by atoms with van der Waals surface area (Å²) in [5.74, 6) is 1.88. The molecule has 0 bridgehead atoms. The van der Waals surface area contributed by atoms with E-state index in [0.29, 0.717) is 18.4 Å². The molecule has 21 heavy (non-hydrogen) atoms. The van der Waals surface area contributed by atoms with Crippen LogP contribution in [0.4, 0.5) is 17.8 Å². The minimum Gasteiger partial charge on any atom is -0.357 e. The van der Waals surface area contributed by atoms with Gasteiger partial charge in [0.15, 0.2) is 0 Å². The third-order valence-corrected chi connectivity index (χ3v) is 3.39. The number of nitrogens with one attached hydrogen (secondary N) is 2. The van der Waals surface area contributed by atoms with Crippen LogP contribution in [0.5, 0.6) is 0 Å². The van der Waals surface area contributed by atoms with Gasteiger partial charge in [-0.05, 0) is 25.0 Å². The van der Waals surface area contributed by atoms with E-state index in [1.165, 1.54) is 12.8 Å². The zero-order valence-corrected chi connectivity index (χ0v) is 12.1. The zero-order chi connectivity index (χ0) is 14.5. The smallest absolute Gasteiger partial charge is 0.231 e. The maximum Gasteiger partial charge on any atom is 0.231 e. The minimum absolute atomic E-state index is 0.571. The first-order valence-electron chi connectivity index (χ1n) is 7.18. The van der Waals surface area contributed by atoms with Crippen LogP contribution in [-0.2, 0) is 6.54 Å². The van der Waals surface area contributed by atoms with Gasteiger partial charge in [0, 0.05) is 26.3 Å². The fourth-order valence-electron chi connectivity index (χ4n) is 2.29. The molecule has 1 aliphatic heterocycles. The van der Waals surface area contributed by atoms with Crippen LogP contribution < -0.4 is 15.5 Å². The summed E-state index contributed by atoms with van der Waals surface area (Å²) in [6, 6.07) is 5.83. The molecule has 110 valence electrons. The maximum atomic E-state index is 4.50. The Bertz CT molecular complexity index is 581. The Labute approximate surface area is 123 Å². The molecule has 0 unspecified atom stereocenters. The van der Waals surface area contributed by atoms with Gasteiger partial charge in [-0.25, -0.2) is 0 Å². The van der Waals surface area contributed by atoms with Crippen LogP contribution in [0.25, 0.3) is 0 Å². The summed E-state index contributed by atoms with van der Waals surface area (Å²) < 4.78 is 0. The summed E-state index contributed by atoms with van der Waals surface area (Å²) in [5, 5.41) is 6.19. The van der Waals surface area contributed by atoms with E-state index in [1.807, 2.05) is 25.2 Å². The molecule has 1 fully saturated rings. The van der Waals surface area contributed by atoms with E-state index >= 15 is 0 Å². The number of pyridine rings is 1. The fourth-order valence-corrected chi connectivity index (χ4v) is 2.29. The number of rotatable bonds is 5. The summed E-state index contributed by atoms with van der Waals surface area (Å²) in [6.45, 7) is 2.60. The van der Waals surface area contributed by atoms with Crippen LogP contribution in [0, 0.1) is 0 Å². The van der Waals surface area contributed by atoms with Gasteiger partial charge in [-0.3, -0.25) is 4.98 Å². The molecule has 0 amide bonds. The highest BCUT2D eigenvalue weighted by molar-refractivity contribution is 5.44. The van der Waals surface area contributed by atoms with Gasteiger partial charge in [0.2, 0.25) is 17.8 Å². The van der Waals surface area contributed by atoms with Crippen LogP contribution >= 0.6 is 0 Å². The monoisotopic (exact) mass is 285 g/mol. The van der Waals surface area contributed by atoms with Gasteiger partial charge >= 0.3 is 0 Å². The van der Waals surface area contributed by atoms with Crippen molar-refractivity contribution in [3.63, 3.8) is 0 Å². The largest absolute Gasteiger partial charge is 0.357 e. The molecule has 2 N–H and O–H groups in total. The normalized spacial score (nSPS) is 14.2. The Morgan fingerprint density at radius 2 is 1.90 bits per heavy atom. The lowest BCUT2D eigenvalue weighted by atomic mass is 10.3. The standard InChI is InChI=1S/C14H19N7/c1-15-12-18-13(17-10-11-6-2-3-7-16-11)20-14(19-12)21-8-4-5-9-21/h2-3,6-7H,4-5,8-10H2,1H3,(H2,15,17,18,19,20). The molecular weight excluding hydrogens is 266 g/mol. The molecule has 7 heteroatoms. The number of anilines is 3. The molecule has 2 aromatic heterocycles. The molecule has 0 aliphatic carbocycles.